The third kappa shape index (κ3) is 2.61. The van der Waals surface area contributed by atoms with Crippen LogP contribution < -0.4 is 5.32 Å². The first-order chi connectivity index (χ1) is 11.3. The molecule has 0 atom stereocenters. The van der Waals surface area contributed by atoms with E-state index in [0.717, 1.165) is 33.6 Å². The van der Waals surface area contributed by atoms with Gasteiger partial charge in [0.15, 0.2) is 5.78 Å². The molecule has 0 aromatic heterocycles. The van der Waals surface area contributed by atoms with Crippen molar-refractivity contribution >= 4 is 11.5 Å². The van der Waals surface area contributed by atoms with E-state index in [1.165, 1.54) is 0 Å². The van der Waals surface area contributed by atoms with Gasteiger partial charge in [0, 0.05) is 28.8 Å². The fraction of sp³-hybridized carbons (Fsp3) is 0.238. The lowest BCUT2D eigenvalue weighted by Crippen LogP contribution is -2.26. The molecule has 0 unspecified atom stereocenters. The van der Waals surface area contributed by atoms with Crippen LogP contribution in [0.5, 0.6) is 0 Å². The van der Waals surface area contributed by atoms with Gasteiger partial charge >= 0.3 is 0 Å². The number of carbonyl (C=O) groups excluding carboxylic acids is 1. The van der Waals surface area contributed by atoms with E-state index in [9.17, 15) is 4.79 Å². The van der Waals surface area contributed by atoms with E-state index in [4.69, 9.17) is 5.26 Å². The predicted molar refractivity (Wildman–Crippen MR) is 96.2 cm³/mol. The molecule has 2 aromatic rings. The first-order valence-corrected chi connectivity index (χ1v) is 7.96. The maximum Gasteiger partial charge on any atom is 0.167 e. The zero-order chi connectivity index (χ0) is 17.5. The molecule has 0 fully saturated rings. The van der Waals surface area contributed by atoms with E-state index < -0.39 is 5.41 Å². The van der Waals surface area contributed by atoms with Crippen molar-refractivity contribution in [1.29, 1.82) is 5.26 Å². The van der Waals surface area contributed by atoms with Gasteiger partial charge in [-0.3, -0.25) is 4.79 Å². The molecule has 0 amide bonds. The summed E-state index contributed by atoms with van der Waals surface area (Å²) in [6, 6.07) is 13.5. The molecule has 0 bridgehead atoms. The number of nitrogens with one attached hydrogen (secondary N) is 1. The molecule has 1 aliphatic heterocycles. The maximum atomic E-state index is 12.9. The Morgan fingerprint density at radius 3 is 2.67 bits per heavy atom. The van der Waals surface area contributed by atoms with Crippen molar-refractivity contribution in [2.75, 3.05) is 5.32 Å². The number of Topliss-reactive ketones (excluding diaryl/α,β-unsaturated/α-hetero) is 1. The minimum absolute atomic E-state index is 0.0838. The van der Waals surface area contributed by atoms with E-state index >= 15 is 0 Å². The summed E-state index contributed by atoms with van der Waals surface area (Å²) in [5.41, 5.74) is 5.46. The van der Waals surface area contributed by atoms with Gasteiger partial charge in [0.05, 0.1) is 11.6 Å². The highest BCUT2D eigenvalue weighted by atomic mass is 16.1. The molecule has 3 nitrogen and oxygen atoms in total. The Balaban J connectivity index is 2.23. The Morgan fingerprint density at radius 1 is 1.21 bits per heavy atom. The molecule has 1 N–H and O–H groups in total. The molecule has 0 saturated heterocycles. The summed E-state index contributed by atoms with van der Waals surface area (Å²) in [7, 11) is 0. The van der Waals surface area contributed by atoms with Crippen LogP contribution in [0.4, 0.5) is 5.69 Å². The Labute approximate surface area is 142 Å². The molecule has 120 valence electrons. The van der Waals surface area contributed by atoms with Gasteiger partial charge < -0.3 is 5.32 Å². The Kier molecular flexibility index (Phi) is 3.77. The summed E-state index contributed by atoms with van der Waals surface area (Å²) < 4.78 is 0. The highest BCUT2D eigenvalue weighted by Gasteiger charge is 2.31. The number of nitrogens with zero attached hydrogens (tertiary/aromatic N) is 1. The lowest BCUT2D eigenvalue weighted by atomic mass is 9.77. The van der Waals surface area contributed by atoms with Crippen LogP contribution >= 0.6 is 0 Å². The number of aryl methyl sites for hydroxylation is 1. The average molecular weight is 316 g/mol. The highest BCUT2D eigenvalue weighted by Crippen LogP contribution is 2.37. The standard InChI is InChI=1S/C21H20N2O/c1-13-5-8-17-18(9-13)21(3,4)14(2)23-19-10-15(12-22)6-7-16(19)11-20(17)24/h5-10,23H,2,11H2,1,3-4H3. The molecule has 3 heteroatoms. The number of carbonyl (C=O) groups is 1. The van der Waals surface area contributed by atoms with Crippen molar-refractivity contribution in [3.63, 3.8) is 0 Å². The summed E-state index contributed by atoms with van der Waals surface area (Å²) in [6.07, 6.45) is 0.299. The van der Waals surface area contributed by atoms with Crippen LogP contribution in [0, 0.1) is 18.3 Å². The number of benzene rings is 2. The molecule has 2 aromatic carbocycles. The molecule has 1 heterocycles. The number of fused-ring (bicyclic) bond motifs is 2. The largest absolute Gasteiger partial charge is 0.358 e. The number of hydrogen-bond acceptors (Lipinski definition) is 3. The fourth-order valence-corrected chi connectivity index (χ4v) is 3.08. The van der Waals surface area contributed by atoms with Gasteiger partial charge in [0.25, 0.3) is 0 Å². The second-order valence-electron chi connectivity index (χ2n) is 6.86. The van der Waals surface area contributed by atoms with Crippen molar-refractivity contribution < 1.29 is 4.79 Å². The second-order valence-corrected chi connectivity index (χ2v) is 6.86. The third-order valence-electron chi connectivity index (χ3n) is 4.78. The summed E-state index contributed by atoms with van der Waals surface area (Å²) in [4.78, 5) is 12.9. The molecule has 24 heavy (non-hydrogen) atoms. The highest BCUT2D eigenvalue weighted by molar-refractivity contribution is 6.00. The second kappa shape index (κ2) is 5.65. The van der Waals surface area contributed by atoms with Gasteiger partial charge in [-0.2, -0.15) is 5.26 Å². The number of nitriles is 1. The molecular weight excluding hydrogens is 296 g/mol. The van der Waals surface area contributed by atoms with Crippen molar-refractivity contribution in [3.8, 4) is 6.07 Å². The monoisotopic (exact) mass is 316 g/mol. The van der Waals surface area contributed by atoms with Gasteiger partial charge in [0.2, 0.25) is 0 Å². The molecule has 3 rings (SSSR count). The summed E-state index contributed by atoms with van der Waals surface area (Å²) in [5, 5.41) is 12.5. The molecule has 0 spiro atoms. The number of hydrogen-bond donors (Lipinski definition) is 1. The lowest BCUT2D eigenvalue weighted by Gasteiger charge is -2.30. The van der Waals surface area contributed by atoms with E-state index in [1.807, 2.05) is 25.1 Å². The van der Waals surface area contributed by atoms with Crippen molar-refractivity contribution in [1.82, 2.24) is 0 Å². The van der Waals surface area contributed by atoms with Crippen LogP contribution in [0.25, 0.3) is 0 Å². The van der Waals surface area contributed by atoms with Crippen LogP contribution in [-0.2, 0) is 11.8 Å². The van der Waals surface area contributed by atoms with Gasteiger partial charge in [-0.25, -0.2) is 0 Å². The zero-order valence-electron chi connectivity index (χ0n) is 14.2. The van der Waals surface area contributed by atoms with Crippen LogP contribution in [-0.4, -0.2) is 5.78 Å². The Morgan fingerprint density at radius 2 is 1.96 bits per heavy atom. The van der Waals surface area contributed by atoms with Crippen molar-refractivity contribution in [2.24, 2.45) is 0 Å². The lowest BCUT2D eigenvalue weighted by molar-refractivity contribution is 0.0991. The fourth-order valence-electron chi connectivity index (χ4n) is 3.08. The number of anilines is 1. The normalized spacial score (nSPS) is 15.9. The molecular formula is C21H20N2O. The molecule has 0 aliphatic carbocycles. The van der Waals surface area contributed by atoms with E-state index in [2.05, 4.69) is 37.9 Å². The third-order valence-corrected chi connectivity index (χ3v) is 4.78. The quantitative estimate of drug-likeness (QED) is 0.778. The van der Waals surface area contributed by atoms with Crippen molar-refractivity contribution in [2.45, 2.75) is 32.6 Å². The number of allylic oxidation sites excluding steroid dienone is 1. The minimum Gasteiger partial charge on any atom is -0.358 e. The van der Waals surface area contributed by atoms with E-state index in [0.29, 0.717) is 12.0 Å². The zero-order valence-corrected chi connectivity index (χ0v) is 14.2. The SMILES string of the molecule is C=C1Nc2cc(C#N)ccc2CC(=O)c2ccc(C)cc2C1(C)C. The first-order valence-electron chi connectivity index (χ1n) is 7.96. The van der Waals surface area contributed by atoms with E-state index in [-0.39, 0.29) is 5.78 Å². The maximum absolute atomic E-state index is 12.9. The van der Waals surface area contributed by atoms with Gasteiger partial charge in [-0.05, 0) is 30.2 Å². The van der Waals surface area contributed by atoms with E-state index in [1.54, 1.807) is 12.1 Å². The minimum atomic E-state index is -0.415. The average Bonchev–Trinajstić information content (AvgIpc) is 2.57. The van der Waals surface area contributed by atoms with Gasteiger partial charge in [0.1, 0.15) is 0 Å². The summed E-state index contributed by atoms with van der Waals surface area (Å²) in [5.74, 6) is 0.0838. The Bertz CT molecular complexity index is 901. The predicted octanol–water partition coefficient (Wildman–Crippen LogP) is 4.51. The van der Waals surface area contributed by atoms with Crippen molar-refractivity contribution in [3.05, 3.63) is 76.5 Å². The van der Waals surface area contributed by atoms with Gasteiger partial charge in [-0.15, -0.1) is 0 Å². The summed E-state index contributed by atoms with van der Waals surface area (Å²) >= 11 is 0. The molecule has 1 aliphatic rings. The topological polar surface area (TPSA) is 52.9 Å². The number of rotatable bonds is 0. The Hall–Kier alpha value is -2.86. The van der Waals surface area contributed by atoms with Crippen LogP contribution in [0.1, 0.15) is 46.5 Å². The smallest absolute Gasteiger partial charge is 0.167 e. The van der Waals surface area contributed by atoms with Crippen LogP contribution in [0.15, 0.2) is 48.7 Å². The van der Waals surface area contributed by atoms with Crippen LogP contribution in [0.2, 0.25) is 0 Å². The number of ketones is 1. The molecule has 0 saturated carbocycles. The summed E-state index contributed by atoms with van der Waals surface area (Å²) in [6.45, 7) is 10.4. The first kappa shape index (κ1) is 16.0. The van der Waals surface area contributed by atoms with Crippen LogP contribution in [0.3, 0.4) is 0 Å². The van der Waals surface area contributed by atoms with Gasteiger partial charge in [-0.1, -0.05) is 50.3 Å². The molecule has 0 radical (unpaired) electrons.